The van der Waals surface area contributed by atoms with Crippen LogP contribution in [0.15, 0.2) is 52.3 Å². The minimum atomic E-state index is -3.47. The van der Waals surface area contributed by atoms with Crippen molar-refractivity contribution in [3.8, 4) is 0 Å². The molecule has 7 heteroatoms. The molecule has 2 aliphatic heterocycles. The maximum Gasteiger partial charge on any atom is 0.306 e. The van der Waals surface area contributed by atoms with E-state index in [0.29, 0.717) is 25.9 Å². The lowest BCUT2D eigenvalue weighted by molar-refractivity contribution is -0.155. The molecule has 0 N–H and O–H groups in total. The molecule has 0 amide bonds. The fraction of sp³-hybridized carbons (Fsp3) is 0.500. The third kappa shape index (κ3) is 5.64. The van der Waals surface area contributed by atoms with Crippen LogP contribution in [0.25, 0.3) is 0 Å². The number of sulfonamides is 1. The van der Waals surface area contributed by atoms with E-state index in [0.717, 1.165) is 18.4 Å². The SMILES string of the molecule is CC(c1ccc2c(c1)Cc1ccccc1S2)S(=O)(=O)N1CC[C@H](CCC(=O)OC(C)(C)C)C1. The Labute approximate surface area is 202 Å². The monoisotopic (exact) mass is 487 g/mol. The van der Waals surface area contributed by atoms with Crippen LogP contribution < -0.4 is 0 Å². The third-order valence-electron chi connectivity index (χ3n) is 6.36. The van der Waals surface area contributed by atoms with Crippen LogP contribution in [0.5, 0.6) is 0 Å². The Balaban J connectivity index is 1.40. The molecule has 2 atom stereocenters. The van der Waals surface area contributed by atoms with Crippen LogP contribution in [0.1, 0.15) is 68.9 Å². The molecule has 2 aromatic carbocycles. The second-order valence-electron chi connectivity index (χ2n) is 10.1. The van der Waals surface area contributed by atoms with Gasteiger partial charge >= 0.3 is 5.97 Å². The van der Waals surface area contributed by atoms with Crippen molar-refractivity contribution in [3.05, 3.63) is 59.2 Å². The van der Waals surface area contributed by atoms with Gasteiger partial charge in [0.15, 0.2) is 0 Å². The van der Waals surface area contributed by atoms with E-state index in [2.05, 4.69) is 30.3 Å². The van der Waals surface area contributed by atoms with E-state index in [1.165, 1.54) is 20.9 Å². The van der Waals surface area contributed by atoms with Gasteiger partial charge in [0.05, 0.1) is 5.25 Å². The van der Waals surface area contributed by atoms with Gasteiger partial charge in [-0.15, -0.1) is 0 Å². The van der Waals surface area contributed by atoms with Crippen molar-refractivity contribution in [1.29, 1.82) is 0 Å². The topological polar surface area (TPSA) is 63.7 Å². The molecule has 0 saturated carbocycles. The van der Waals surface area contributed by atoms with Gasteiger partial charge < -0.3 is 4.74 Å². The molecule has 1 fully saturated rings. The molecule has 2 aromatic rings. The molecule has 33 heavy (non-hydrogen) atoms. The lowest BCUT2D eigenvalue weighted by Crippen LogP contribution is -2.32. The van der Waals surface area contributed by atoms with Crippen molar-refractivity contribution in [3.63, 3.8) is 0 Å². The van der Waals surface area contributed by atoms with Gasteiger partial charge in [-0.05, 0) is 81.7 Å². The van der Waals surface area contributed by atoms with Crippen molar-refractivity contribution >= 4 is 27.8 Å². The van der Waals surface area contributed by atoms with E-state index in [1.54, 1.807) is 23.0 Å². The summed E-state index contributed by atoms with van der Waals surface area (Å²) in [5, 5.41) is -0.602. The number of ether oxygens (including phenoxy) is 1. The number of carbonyl (C=O) groups is 1. The molecule has 1 saturated heterocycles. The maximum absolute atomic E-state index is 13.4. The van der Waals surface area contributed by atoms with Crippen LogP contribution in [0.3, 0.4) is 0 Å². The van der Waals surface area contributed by atoms with Gasteiger partial charge in [-0.2, -0.15) is 0 Å². The maximum atomic E-state index is 13.4. The largest absolute Gasteiger partial charge is 0.460 e. The molecule has 0 aromatic heterocycles. The molecule has 1 unspecified atom stereocenters. The van der Waals surface area contributed by atoms with Crippen LogP contribution in [0.2, 0.25) is 0 Å². The first-order valence-corrected chi connectivity index (χ1v) is 13.9. The minimum absolute atomic E-state index is 0.191. The second kappa shape index (κ2) is 9.43. The predicted octanol–water partition coefficient (Wildman–Crippen LogP) is 5.58. The molecular formula is C26H33NO4S2. The Morgan fingerprint density at radius 1 is 1.15 bits per heavy atom. The zero-order valence-electron chi connectivity index (χ0n) is 19.8. The highest BCUT2D eigenvalue weighted by Crippen LogP contribution is 2.41. The smallest absolute Gasteiger partial charge is 0.306 e. The molecule has 178 valence electrons. The fourth-order valence-corrected chi connectivity index (χ4v) is 7.31. The lowest BCUT2D eigenvalue weighted by Gasteiger charge is -2.24. The van der Waals surface area contributed by atoms with Crippen LogP contribution in [-0.4, -0.2) is 37.4 Å². The second-order valence-corrected chi connectivity index (χ2v) is 13.4. The normalized spacial score (nSPS) is 19.6. The highest BCUT2D eigenvalue weighted by atomic mass is 32.2. The van der Waals surface area contributed by atoms with Crippen LogP contribution >= 0.6 is 11.8 Å². The summed E-state index contributed by atoms with van der Waals surface area (Å²) >= 11 is 1.75. The first kappa shape index (κ1) is 24.3. The summed E-state index contributed by atoms with van der Waals surface area (Å²) < 4.78 is 33.8. The molecule has 0 radical (unpaired) electrons. The Morgan fingerprint density at radius 2 is 1.88 bits per heavy atom. The van der Waals surface area contributed by atoms with E-state index in [4.69, 9.17) is 4.74 Å². The Hall–Kier alpha value is -1.83. The average Bonchev–Trinajstić information content (AvgIpc) is 3.24. The number of carbonyl (C=O) groups excluding carboxylic acids is 1. The van der Waals surface area contributed by atoms with E-state index < -0.39 is 20.9 Å². The van der Waals surface area contributed by atoms with E-state index in [1.807, 2.05) is 32.9 Å². The Kier molecular flexibility index (Phi) is 6.95. The zero-order chi connectivity index (χ0) is 23.8. The standard InChI is InChI=1S/C26H33NO4S2/c1-18(20-10-11-24-22(15-20)16-21-7-5-6-8-23(21)32-24)33(29,30)27-14-13-19(17-27)9-12-25(28)31-26(2,3)4/h5-8,10-11,15,18-19H,9,12-14,16-17H2,1-4H3/t18?,19-/m0/s1. The van der Waals surface area contributed by atoms with Gasteiger partial charge in [-0.25, -0.2) is 12.7 Å². The van der Waals surface area contributed by atoms with Crippen molar-refractivity contribution in [2.45, 2.75) is 74.0 Å². The minimum Gasteiger partial charge on any atom is -0.460 e. The highest BCUT2D eigenvalue weighted by Gasteiger charge is 2.36. The Morgan fingerprint density at radius 3 is 2.64 bits per heavy atom. The van der Waals surface area contributed by atoms with Gasteiger partial charge in [0.25, 0.3) is 0 Å². The van der Waals surface area contributed by atoms with Crippen LogP contribution in [0.4, 0.5) is 0 Å². The molecular weight excluding hydrogens is 454 g/mol. The van der Waals surface area contributed by atoms with Gasteiger partial charge in [0, 0.05) is 29.3 Å². The van der Waals surface area contributed by atoms with Gasteiger partial charge in [0.1, 0.15) is 5.60 Å². The molecule has 0 bridgehead atoms. The first-order chi connectivity index (χ1) is 15.5. The van der Waals surface area contributed by atoms with Crippen LogP contribution in [0, 0.1) is 5.92 Å². The van der Waals surface area contributed by atoms with Gasteiger partial charge in [0.2, 0.25) is 10.0 Å². The molecule has 5 nitrogen and oxygen atoms in total. The number of esters is 1. The number of hydrogen-bond donors (Lipinski definition) is 0. The lowest BCUT2D eigenvalue weighted by atomic mass is 10.0. The zero-order valence-corrected chi connectivity index (χ0v) is 21.5. The summed E-state index contributed by atoms with van der Waals surface area (Å²) in [6.07, 6.45) is 2.60. The number of rotatable bonds is 6. The molecule has 4 rings (SSSR count). The number of nitrogens with zero attached hydrogens (tertiary/aromatic N) is 1. The number of fused-ring (bicyclic) bond motifs is 2. The number of hydrogen-bond acceptors (Lipinski definition) is 5. The average molecular weight is 488 g/mol. The highest BCUT2D eigenvalue weighted by molar-refractivity contribution is 7.99. The summed E-state index contributed by atoms with van der Waals surface area (Å²) in [5.41, 5.74) is 2.82. The van der Waals surface area contributed by atoms with Gasteiger partial charge in [-0.1, -0.05) is 42.1 Å². The van der Waals surface area contributed by atoms with Crippen LogP contribution in [-0.2, 0) is 26.0 Å². The molecule has 2 heterocycles. The number of benzene rings is 2. The molecule has 0 spiro atoms. The summed E-state index contributed by atoms with van der Waals surface area (Å²) in [4.78, 5) is 14.5. The van der Waals surface area contributed by atoms with Crippen molar-refractivity contribution < 1.29 is 17.9 Å². The first-order valence-electron chi connectivity index (χ1n) is 11.6. The van der Waals surface area contributed by atoms with Crippen molar-refractivity contribution in [2.24, 2.45) is 5.92 Å². The third-order valence-corrected chi connectivity index (χ3v) is 9.81. The summed E-state index contributed by atoms with van der Waals surface area (Å²) in [6, 6.07) is 14.5. The van der Waals surface area contributed by atoms with E-state index in [-0.39, 0.29) is 11.9 Å². The fourth-order valence-electron chi connectivity index (χ4n) is 4.54. The molecule has 0 aliphatic carbocycles. The van der Waals surface area contributed by atoms with Crippen molar-refractivity contribution in [1.82, 2.24) is 4.31 Å². The molecule has 2 aliphatic rings. The summed E-state index contributed by atoms with van der Waals surface area (Å²) in [7, 11) is -3.47. The summed E-state index contributed by atoms with van der Waals surface area (Å²) in [5.74, 6) is -0.0263. The quantitative estimate of drug-likeness (QED) is 0.425. The summed E-state index contributed by atoms with van der Waals surface area (Å²) in [6.45, 7) is 8.34. The van der Waals surface area contributed by atoms with Crippen molar-refractivity contribution in [2.75, 3.05) is 13.1 Å². The van der Waals surface area contributed by atoms with Gasteiger partial charge in [-0.3, -0.25) is 4.79 Å². The van der Waals surface area contributed by atoms with E-state index in [9.17, 15) is 13.2 Å². The Bertz CT molecular complexity index is 1140. The predicted molar refractivity (Wildman–Crippen MR) is 132 cm³/mol. The van der Waals surface area contributed by atoms with E-state index >= 15 is 0 Å².